The molecule has 2 rings (SSSR count). The molecule has 1 heterocycles. The zero-order valence-electron chi connectivity index (χ0n) is 13.1. The molecular weight excluding hydrogens is 355 g/mol. The van der Waals surface area contributed by atoms with E-state index in [0.717, 1.165) is 0 Å². The fraction of sp³-hybridized carbons (Fsp3) is 0.312. The third-order valence-electron chi connectivity index (χ3n) is 3.47. The largest absolute Gasteiger partial charge is 0.463 e. The highest BCUT2D eigenvalue weighted by Gasteiger charge is 2.36. The number of benzene rings is 1. The zero-order chi connectivity index (χ0) is 17.9. The van der Waals surface area contributed by atoms with Gasteiger partial charge in [-0.15, -0.1) is 0 Å². The van der Waals surface area contributed by atoms with E-state index in [4.69, 9.17) is 27.9 Å². The molecule has 2 amide bonds. The van der Waals surface area contributed by atoms with Gasteiger partial charge in [-0.3, -0.25) is 9.59 Å². The summed E-state index contributed by atoms with van der Waals surface area (Å²) >= 11 is 11.9. The minimum atomic E-state index is -0.965. The van der Waals surface area contributed by atoms with Gasteiger partial charge in [0.1, 0.15) is 0 Å². The standard InChI is InChI=1S/C16H16Cl2N2O4/c1-3-24-16(23)14-8(2)19-13(21)7-10(14)15(22)20-12-6-9(17)4-5-11(12)18/h4-6,10H,3,7H2,1-2H3,(H,19,21)(H,20,22)/t10-/m1/s1. The molecule has 1 aliphatic rings. The molecule has 1 atom stereocenters. The van der Waals surface area contributed by atoms with Crippen LogP contribution >= 0.6 is 23.2 Å². The second-order valence-corrected chi connectivity index (χ2v) is 6.02. The van der Waals surface area contributed by atoms with Crippen LogP contribution < -0.4 is 10.6 Å². The maximum absolute atomic E-state index is 12.6. The Balaban J connectivity index is 2.31. The van der Waals surface area contributed by atoms with Crippen molar-refractivity contribution < 1.29 is 19.1 Å². The van der Waals surface area contributed by atoms with Gasteiger partial charge < -0.3 is 15.4 Å². The summed E-state index contributed by atoms with van der Waals surface area (Å²) in [6.07, 6.45) is -0.157. The van der Waals surface area contributed by atoms with Crippen LogP contribution in [0.4, 0.5) is 5.69 Å². The molecule has 1 aromatic rings. The summed E-state index contributed by atoms with van der Waals surface area (Å²) < 4.78 is 4.99. The highest BCUT2D eigenvalue weighted by molar-refractivity contribution is 6.35. The number of rotatable bonds is 4. The Bertz CT molecular complexity index is 731. The highest BCUT2D eigenvalue weighted by Crippen LogP contribution is 2.29. The quantitative estimate of drug-likeness (QED) is 0.798. The van der Waals surface area contributed by atoms with Gasteiger partial charge in [0.25, 0.3) is 0 Å². The van der Waals surface area contributed by atoms with Crippen LogP contribution in [-0.2, 0) is 19.1 Å². The van der Waals surface area contributed by atoms with Crippen LogP contribution in [0.2, 0.25) is 10.0 Å². The number of nitrogens with one attached hydrogen (secondary N) is 2. The lowest BCUT2D eigenvalue weighted by Gasteiger charge is -2.25. The third-order valence-corrected chi connectivity index (χ3v) is 4.03. The van der Waals surface area contributed by atoms with E-state index in [-0.39, 0.29) is 24.5 Å². The van der Waals surface area contributed by atoms with Crippen molar-refractivity contribution in [2.24, 2.45) is 5.92 Å². The monoisotopic (exact) mass is 370 g/mol. The molecule has 8 heteroatoms. The number of ether oxygens (including phenoxy) is 1. The second kappa shape index (κ2) is 7.68. The molecule has 0 saturated carbocycles. The van der Waals surface area contributed by atoms with Gasteiger partial charge in [0.2, 0.25) is 11.8 Å². The Morgan fingerprint density at radius 2 is 2.08 bits per heavy atom. The van der Waals surface area contributed by atoms with Gasteiger partial charge in [-0.2, -0.15) is 0 Å². The smallest absolute Gasteiger partial charge is 0.336 e. The normalized spacial score (nSPS) is 17.3. The number of allylic oxidation sites excluding steroid dienone is 1. The Hall–Kier alpha value is -2.05. The van der Waals surface area contributed by atoms with Crippen molar-refractivity contribution in [2.75, 3.05) is 11.9 Å². The van der Waals surface area contributed by atoms with Gasteiger partial charge in [-0.25, -0.2) is 4.79 Å². The number of anilines is 1. The molecule has 0 unspecified atom stereocenters. The number of hydrogen-bond acceptors (Lipinski definition) is 4. The molecule has 0 radical (unpaired) electrons. The van der Waals surface area contributed by atoms with Crippen molar-refractivity contribution in [1.82, 2.24) is 5.32 Å². The van der Waals surface area contributed by atoms with E-state index in [9.17, 15) is 14.4 Å². The summed E-state index contributed by atoms with van der Waals surface area (Å²) in [6, 6.07) is 4.62. The number of esters is 1. The van der Waals surface area contributed by atoms with E-state index >= 15 is 0 Å². The van der Waals surface area contributed by atoms with E-state index in [1.165, 1.54) is 6.07 Å². The van der Waals surface area contributed by atoms with Crippen LogP contribution in [0.1, 0.15) is 20.3 Å². The Kier molecular flexibility index (Phi) is 5.85. The molecule has 0 aromatic heterocycles. The zero-order valence-corrected chi connectivity index (χ0v) is 14.6. The van der Waals surface area contributed by atoms with Gasteiger partial charge in [-0.05, 0) is 32.0 Å². The average molecular weight is 371 g/mol. The molecule has 24 heavy (non-hydrogen) atoms. The first-order valence-electron chi connectivity index (χ1n) is 7.27. The number of amides is 2. The molecule has 1 aromatic carbocycles. The predicted molar refractivity (Wildman–Crippen MR) is 90.7 cm³/mol. The van der Waals surface area contributed by atoms with Gasteiger partial charge in [0.15, 0.2) is 0 Å². The summed E-state index contributed by atoms with van der Waals surface area (Å²) in [5.41, 5.74) is 0.746. The maximum atomic E-state index is 12.6. The van der Waals surface area contributed by atoms with Crippen molar-refractivity contribution in [3.63, 3.8) is 0 Å². The molecule has 0 spiro atoms. The van der Waals surface area contributed by atoms with Crippen molar-refractivity contribution in [3.05, 3.63) is 39.5 Å². The lowest BCUT2D eigenvalue weighted by molar-refractivity contribution is -0.141. The fourth-order valence-electron chi connectivity index (χ4n) is 2.42. The molecule has 128 valence electrons. The first-order chi connectivity index (χ1) is 11.3. The van der Waals surface area contributed by atoms with Crippen LogP contribution in [0, 0.1) is 5.92 Å². The van der Waals surface area contributed by atoms with Gasteiger partial charge in [0.05, 0.1) is 28.8 Å². The summed E-state index contributed by atoms with van der Waals surface area (Å²) in [5.74, 6) is -2.48. The maximum Gasteiger partial charge on any atom is 0.336 e. The average Bonchev–Trinajstić information content (AvgIpc) is 2.50. The van der Waals surface area contributed by atoms with E-state index in [2.05, 4.69) is 10.6 Å². The van der Waals surface area contributed by atoms with Crippen molar-refractivity contribution >= 4 is 46.7 Å². The summed E-state index contributed by atoms with van der Waals surface area (Å²) in [7, 11) is 0. The van der Waals surface area contributed by atoms with Crippen molar-refractivity contribution in [1.29, 1.82) is 0 Å². The SMILES string of the molecule is CCOC(=O)C1=C(C)NC(=O)C[C@H]1C(=O)Nc1cc(Cl)ccc1Cl. The molecule has 0 saturated heterocycles. The van der Waals surface area contributed by atoms with E-state index < -0.39 is 17.8 Å². The lowest BCUT2D eigenvalue weighted by Crippen LogP contribution is -2.40. The van der Waals surface area contributed by atoms with Crippen LogP contribution in [0.3, 0.4) is 0 Å². The summed E-state index contributed by atoms with van der Waals surface area (Å²) in [6.45, 7) is 3.38. The van der Waals surface area contributed by atoms with Crippen LogP contribution in [-0.4, -0.2) is 24.4 Å². The minimum absolute atomic E-state index is 0.132. The molecule has 2 N–H and O–H groups in total. The third kappa shape index (κ3) is 4.07. The highest BCUT2D eigenvalue weighted by atomic mass is 35.5. The molecule has 6 nitrogen and oxygen atoms in total. The van der Waals surface area contributed by atoms with Crippen molar-refractivity contribution in [3.8, 4) is 0 Å². The lowest BCUT2D eigenvalue weighted by atomic mass is 9.89. The molecule has 0 aliphatic carbocycles. The number of halogens is 2. The fourth-order valence-corrected chi connectivity index (χ4v) is 2.75. The Labute approximate surface area is 149 Å². The predicted octanol–water partition coefficient (Wildman–Crippen LogP) is 2.91. The first-order valence-corrected chi connectivity index (χ1v) is 8.02. The van der Waals surface area contributed by atoms with E-state index in [1.54, 1.807) is 26.0 Å². The van der Waals surface area contributed by atoms with Gasteiger partial charge in [0, 0.05) is 17.1 Å². The van der Waals surface area contributed by atoms with Crippen LogP contribution in [0.15, 0.2) is 29.5 Å². The number of hydrogen-bond donors (Lipinski definition) is 2. The Morgan fingerprint density at radius 3 is 2.75 bits per heavy atom. The Morgan fingerprint density at radius 1 is 1.38 bits per heavy atom. The minimum Gasteiger partial charge on any atom is -0.463 e. The first kappa shape index (κ1) is 18.3. The molecular formula is C16H16Cl2N2O4. The molecule has 0 bridgehead atoms. The van der Waals surface area contributed by atoms with E-state index in [1.807, 2.05) is 0 Å². The summed E-state index contributed by atoms with van der Waals surface area (Å²) in [5, 5.41) is 5.86. The second-order valence-electron chi connectivity index (χ2n) is 5.18. The van der Waals surface area contributed by atoms with Crippen LogP contribution in [0.25, 0.3) is 0 Å². The van der Waals surface area contributed by atoms with Crippen molar-refractivity contribution in [2.45, 2.75) is 20.3 Å². The van der Waals surface area contributed by atoms with Gasteiger partial charge in [-0.1, -0.05) is 23.2 Å². The van der Waals surface area contributed by atoms with E-state index in [0.29, 0.717) is 21.4 Å². The summed E-state index contributed by atoms with van der Waals surface area (Å²) in [4.78, 5) is 36.5. The number of carbonyl (C=O) groups excluding carboxylic acids is 3. The number of carbonyl (C=O) groups is 3. The molecule has 1 aliphatic heterocycles. The van der Waals surface area contributed by atoms with Crippen LogP contribution in [0.5, 0.6) is 0 Å². The molecule has 0 fully saturated rings. The topological polar surface area (TPSA) is 84.5 Å². The van der Waals surface area contributed by atoms with Gasteiger partial charge >= 0.3 is 5.97 Å².